The summed E-state index contributed by atoms with van der Waals surface area (Å²) in [6, 6.07) is 0. The van der Waals surface area contributed by atoms with Crippen molar-refractivity contribution in [3.63, 3.8) is 0 Å². The van der Waals surface area contributed by atoms with E-state index in [4.69, 9.17) is 14.2 Å². The number of esters is 3. The first-order chi connectivity index (χ1) is 33.5. The highest BCUT2D eigenvalue weighted by Crippen LogP contribution is 2.16. The second-order valence-corrected chi connectivity index (χ2v) is 20.3. The molecular weight excluding hydrogens is 841 g/mol. The number of hydrogen-bond donors (Lipinski definition) is 0. The van der Waals surface area contributed by atoms with Crippen LogP contribution in [-0.2, 0) is 28.6 Å². The van der Waals surface area contributed by atoms with Gasteiger partial charge in [0.15, 0.2) is 6.10 Å². The summed E-state index contributed by atoms with van der Waals surface area (Å²) in [7, 11) is 0. The van der Waals surface area contributed by atoms with E-state index < -0.39 is 6.10 Å². The van der Waals surface area contributed by atoms with Crippen molar-refractivity contribution in [3.05, 3.63) is 36.5 Å². The zero-order valence-electron chi connectivity index (χ0n) is 45.6. The molecule has 0 bridgehead atoms. The van der Waals surface area contributed by atoms with Crippen molar-refractivity contribution in [2.45, 2.75) is 329 Å². The average molecular weight is 956 g/mol. The molecule has 0 amide bonds. The van der Waals surface area contributed by atoms with Crippen LogP contribution >= 0.6 is 0 Å². The quantitative estimate of drug-likeness (QED) is 0.0262. The fourth-order valence-electron chi connectivity index (χ4n) is 8.82. The van der Waals surface area contributed by atoms with Gasteiger partial charge in [0.05, 0.1) is 0 Å². The fraction of sp³-hybridized carbons (Fsp3) is 0.855. The number of hydrogen-bond acceptors (Lipinski definition) is 6. The predicted molar refractivity (Wildman–Crippen MR) is 293 cm³/mol. The lowest BCUT2D eigenvalue weighted by molar-refractivity contribution is -0.167. The molecule has 0 unspecified atom stereocenters. The monoisotopic (exact) mass is 955 g/mol. The Morgan fingerprint density at radius 3 is 0.853 bits per heavy atom. The second-order valence-electron chi connectivity index (χ2n) is 20.3. The third-order valence-corrected chi connectivity index (χ3v) is 13.4. The molecule has 398 valence electrons. The molecule has 0 radical (unpaired) electrons. The highest BCUT2D eigenvalue weighted by molar-refractivity contribution is 5.71. The summed E-state index contributed by atoms with van der Waals surface area (Å²) < 4.78 is 16.9. The smallest absolute Gasteiger partial charge is 0.306 e. The summed E-state index contributed by atoms with van der Waals surface area (Å²) in [6.07, 6.45) is 68.5. The standard InChI is InChI=1S/C62H114O6/c1-4-7-10-13-16-19-22-25-28-30-31-33-34-37-40-43-46-49-52-55-61(64)67-58-59(57-66-60(63)54-51-48-45-42-39-36-27-24-21-18-15-12-9-6-3)68-62(65)56-53-50-47-44-41-38-35-32-29-26-23-20-17-14-11-8-5-2/h17,20,26,29-31,59H,4-16,18-19,21-25,27-28,32-58H2,1-3H3/b20-17-,29-26-,31-30-/t59-/m1/s1. The van der Waals surface area contributed by atoms with Crippen LogP contribution in [0.25, 0.3) is 0 Å². The zero-order valence-corrected chi connectivity index (χ0v) is 45.6. The van der Waals surface area contributed by atoms with E-state index in [0.717, 1.165) is 70.6 Å². The third-order valence-electron chi connectivity index (χ3n) is 13.4. The summed E-state index contributed by atoms with van der Waals surface area (Å²) in [5.74, 6) is -0.866. The molecule has 68 heavy (non-hydrogen) atoms. The van der Waals surface area contributed by atoms with E-state index in [1.165, 1.54) is 212 Å². The van der Waals surface area contributed by atoms with Gasteiger partial charge in [-0.1, -0.05) is 263 Å². The summed E-state index contributed by atoms with van der Waals surface area (Å²) >= 11 is 0. The molecule has 6 nitrogen and oxygen atoms in total. The molecule has 0 aliphatic heterocycles. The van der Waals surface area contributed by atoms with Crippen LogP contribution in [-0.4, -0.2) is 37.2 Å². The van der Waals surface area contributed by atoms with Crippen molar-refractivity contribution in [1.82, 2.24) is 0 Å². The van der Waals surface area contributed by atoms with Crippen molar-refractivity contribution in [2.75, 3.05) is 13.2 Å². The second kappa shape index (κ2) is 57.2. The van der Waals surface area contributed by atoms with Crippen molar-refractivity contribution in [3.8, 4) is 0 Å². The molecule has 6 heteroatoms. The molecule has 0 rings (SSSR count). The van der Waals surface area contributed by atoms with E-state index in [1.54, 1.807) is 0 Å². The van der Waals surface area contributed by atoms with E-state index in [0.29, 0.717) is 19.3 Å². The molecule has 0 aliphatic carbocycles. The molecule has 0 aromatic rings. The van der Waals surface area contributed by atoms with E-state index in [-0.39, 0.29) is 31.1 Å². The molecular formula is C62H114O6. The highest BCUT2D eigenvalue weighted by atomic mass is 16.6. The van der Waals surface area contributed by atoms with Gasteiger partial charge in [0.1, 0.15) is 13.2 Å². The van der Waals surface area contributed by atoms with Crippen LogP contribution in [0.4, 0.5) is 0 Å². The van der Waals surface area contributed by atoms with Gasteiger partial charge in [-0.25, -0.2) is 0 Å². The lowest BCUT2D eigenvalue weighted by atomic mass is 10.0. The highest BCUT2D eigenvalue weighted by Gasteiger charge is 2.19. The number of carbonyl (C=O) groups excluding carboxylic acids is 3. The molecule has 0 aromatic carbocycles. The SMILES string of the molecule is CCCCC/C=C\C/C=C\CCCCCCCCCC(=O)O[C@@H](COC(=O)CCCCCCCCC/C=C\CCCCCCCCCC)COC(=O)CCCCCCCCCCCCCCCC. The third kappa shape index (κ3) is 54.6. The van der Waals surface area contributed by atoms with E-state index in [1.807, 2.05) is 0 Å². The number of ether oxygens (including phenoxy) is 3. The van der Waals surface area contributed by atoms with Crippen LogP contribution in [0.5, 0.6) is 0 Å². The maximum Gasteiger partial charge on any atom is 0.306 e. The van der Waals surface area contributed by atoms with Gasteiger partial charge in [0.25, 0.3) is 0 Å². The van der Waals surface area contributed by atoms with Crippen LogP contribution in [0.3, 0.4) is 0 Å². The summed E-state index contributed by atoms with van der Waals surface area (Å²) in [6.45, 7) is 6.65. The Morgan fingerprint density at radius 2 is 0.529 bits per heavy atom. The van der Waals surface area contributed by atoms with Crippen LogP contribution in [0.1, 0.15) is 323 Å². The van der Waals surface area contributed by atoms with Gasteiger partial charge in [-0.3, -0.25) is 14.4 Å². The van der Waals surface area contributed by atoms with Gasteiger partial charge in [-0.15, -0.1) is 0 Å². The number of carbonyl (C=O) groups is 3. The summed E-state index contributed by atoms with van der Waals surface area (Å²) in [4.78, 5) is 38.2. The van der Waals surface area contributed by atoms with Crippen molar-refractivity contribution in [1.29, 1.82) is 0 Å². The fourth-order valence-corrected chi connectivity index (χ4v) is 8.82. The molecule has 1 atom stereocenters. The average Bonchev–Trinajstić information content (AvgIpc) is 3.34. The molecule has 0 heterocycles. The number of rotatable bonds is 55. The molecule has 0 spiro atoms. The Labute approximate surface area is 423 Å². The lowest BCUT2D eigenvalue weighted by Crippen LogP contribution is -2.30. The maximum atomic E-state index is 12.9. The van der Waals surface area contributed by atoms with E-state index in [9.17, 15) is 14.4 Å². The summed E-state index contributed by atoms with van der Waals surface area (Å²) in [5, 5.41) is 0. The number of allylic oxidation sites excluding steroid dienone is 6. The molecule has 0 aromatic heterocycles. The Balaban J connectivity index is 4.34. The Morgan fingerprint density at radius 1 is 0.294 bits per heavy atom. The van der Waals surface area contributed by atoms with Crippen molar-refractivity contribution >= 4 is 17.9 Å². The summed E-state index contributed by atoms with van der Waals surface area (Å²) in [5.41, 5.74) is 0. The Kier molecular flexibility index (Phi) is 55.2. The lowest BCUT2D eigenvalue weighted by Gasteiger charge is -2.18. The first-order valence-electron chi connectivity index (χ1n) is 30.0. The molecule has 0 aliphatic rings. The van der Waals surface area contributed by atoms with Crippen LogP contribution < -0.4 is 0 Å². The van der Waals surface area contributed by atoms with Gasteiger partial charge in [0, 0.05) is 19.3 Å². The van der Waals surface area contributed by atoms with E-state index in [2.05, 4.69) is 57.2 Å². The first-order valence-corrected chi connectivity index (χ1v) is 30.0. The zero-order chi connectivity index (χ0) is 49.3. The molecule has 0 saturated carbocycles. The minimum atomic E-state index is -0.775. The number of unbranched alkanes of at least 4 members (excludes halogenated alkanes) is 38. The first kappa shape index (κ1) is 65.6. The Hall–Kier alpha value is -2.37. The van der Waals surface area contributed by atoms with Gasteiger partial charge in [-0.2, -0.15) is 0 Å². The van der Waals surface area contributed by atoms with Crippen LogP contribution in [0.2, 0.25) is 0 Å². The van der Waals surface area contributed by atoms with Crippen molar-refractivity contribution in [2.24, 2.45) is 0 Å². The van der Waals surface area contributed by atoms with E-state index >= 15 is 0 Å². The topological polar surface area (TPSA) is 78.9 Å². The predicted octanol–water partition coefficient (Wildman–Crippen LogP) is 20.0. The van der Waals surface area contributed by atoms with Gasteiger partial charge in [0.2, 0.25) is 0 Å². The van der Waals surface area contributed by atoms with Gasteiger partial charge < -0.3 is 14.2 Å². The van der Waals surface area contributed by atoms with Gasteiger partial charge in [-0.05, 0) is 77.0 Å². The normalized spacial score (nSPS) is 12.2. The van der Waals surface area contributed by atoms with Gasteiger partial charge >= 0.3 is 17.9 Å². The maximum absolute atomic E-state index is 12.9. The minimum Gasteiger partial charge on any atom is -0.462 e. The van der Waals surface area contributed by atoms with Crippen LogP contribution in [0, 0.1) is 0 Å². The minimum absolute atomic E-state index is 0.0730. The molecule has 0 saturated heterocycles. The van der Waals surface area contributed by atoms with Crippen LogP contribution in [0.15, 0.2) is 36.5 Å². The molecule has 0 fully saturated rings. The Bertz CT molecular complexity index is 1140. The van der Waals surface area contributed by atoms with Crippen molar-refractivity contribution < 1.29 is 28.6 Å². The largest absolute Gasteiger partial charge is 0.462 e. The molecule has 0 N–H and O–H groups in total.